The lowest BCUT2D eigenvalue weighted by Crippen LogP contribution is -2.38. The molecule has 29 heavy (non-hydrogen) atoms. The monoisotopic (exact) mass is 421 g/mol. The van der Waals surface area contributed by atoms with Gasteiger partial charge in [-0.05, 0) is 42.5 Å². The maximum Gasteiger partial charge on any atom is 0.334 e. The number of nitrogens with zero attached hydrogens (tertiary/aromatic N) is 3. The number of carbonyl (C=O) groups excluding carboxylic acids is 4. The quantitative estimate of drug-likeness (QED) is 0.385. The lowest BCUT2D eigenvalue weighted by Gasteiger charge is -2.29. The van der Waals surface area contributed by atoms with Crippen LogP contribution in [0.1, 0.15) is 36.2 Å². The SMILES string of the molecule is CC(C)CN1C(=O)C(=O)N(CC(=O)c2ccc3c(c2)CCCN3S(C)(=O)=O)C1=O. The number of imide groups is 2. The molecule has 0 radical (unpaired) electrons. The number of urea groups is 1. The molecule has 0 aliphatic carbocycles. The van der Waals surface area contributed by atoms with E-state index in [4.69, 9.17) is 0 Å². The van der Waals surface area contributed by atoms with E-state index in [-0.39, 0.29) is 18.0 Å². The minimum Gasteiger partial charge on any atom is -0.292 e. The summed E-state index contributed by atoms with van der Waals surface area (Å²) in [5.41, 5.74) is 1.50. The van der Waals surface area contributed by atoms with Crippen molar-refractivity contribution in [1.82, 2.24) is 9.80 Å². The topological polar surface area (TPSA) is 112 Å². The molecule has 1 aromatic carbocycles. The van der Waals surface area contributed by atoms with Gasteiger partial charge in [-0.2, -0.15) is 0 Å². The van der Waals surface area contributed by atoms with Crippen LogP contribution in [0.5, 0.6) is 0 Å². The second-order valence-electron chi connectivity index (χ2n) is 7.69. The molecular weight excluding hydrogens is 398 g/mol. The molecule has 1 fully saturated rings. The summed E-state index contributed by atoms with van der Waals surface area (Å²) in [7, 11) is -3.42. The zero-order chi connectivity index (χ0) is 21.5. The molecule has 1 saturated heterocycles. The highest BCUT2D eigenvalue weighted by Gasteiger charge is 2.45. The normalized spacial score (nSPS) is 17.4. The van der Waals surface area contributed by atoms with Gasteiger partial charge in [-0.3, -0.25) is 23.6 Å². The van der Waals surface area contributed by atoms with E-state index < -0.39 is 40.2 Å². The molecule has 2 heterocycles. The number of fused-ring (bicyclic) bond motifs is 1. The molecule has 0 spiro atoms. The number of aryl methyl sites for hydroxylation is 1. The average Bonchev–Trinajstić information content (AvgIpc) is 2.84. The van der Waals surface area contributed by atoms with Gasteiger partial charge in [0.1, 0.15) is 0 Å². The molecule has 1 aromatic rings. The van der Waals surface area contributed by atoms with Crippen molar-refractivity contribution < 1.29 is 27.6 Å². The van der Waals surface area contributed by atoms with Gasteiger partial charge < -0.3 is 0 Å². The lowest BCUT2D eigenvalue weighted by atomic mass is 9.99. The second-order valence-corrected chi connectivity index (χ2v) is 9.60. The van der Waals surface area contributed by atoms with Gasteiger partial charge in [0.15, 0.2) is 5.78 Å². The Hall–Kier alpha value is -2.75. The Morgan fingerprint density at radius 2 is 1.76 bits per heavy atom. The number of hydrogen-bond acceptors (Lipinski definition) is 6. The van der Waals surface area contributed by atoms with Crippen LogP contribution >= 0.6 is 0 Å². The molecule has 10 heteroatoms. The summed E-state index contributed by atoms with van der Waals surface area (Å²) in [6.45, 7) is 3.57. The molecule has 0 bridgehead atoms. The lowest BCUT2D eigenvalue weighted by molar-refractivity contribution is -0.143. The highest BCUT2D eigenvalue weighted by atomic mass is 32.2. The van der Waals surface area contributed by atoms with Crippen LogP contribution in [0.2, 0.25) is 0 Å². The van der Waals surface area contributed by atoms with Crippen LogP contribution in [0.25, 0.3) is 0 Å². The fourth-order valence-corrected chi connectivity index (χ4v) is 4.53. The number of Topliss-reactive ketones (excluding diaryl/α,β-unsaturated/α-hetero) is 1. The molecule has 4 amide bonds. The van der Waals surface area contributed by atoms with E-state index >= 15 is 0 Å². The number of rotatable bonds is 6. The molecule has 0 atom stereocenters. The van der Waals surface area contributed by atoms with Crippen molar-refractivity contribution in [3.63, 3.8) is 0 Å². The van der Waals surface area contributed by atoms with Gasteiger partial charge in [-0.1, -0.05) is 13.8 Å². The van der Waals surface area contributed by atoms with E-state index in [0.717, 1.165) is 11.2 Å². The first kappa shape index (κ1) is 21.0. The molecule has 2 aliphatic rings. The van der Waals surface area contributed by atoms with E-state index in [2.05, 4.69) is 0 Å². The number of amides is 4. The molecule has 0 N–H and O–H groups in total. The first-order chi connectivity index (χ1) is 13.5. The van der Waals surface area contributed by atoms with Crippen LogP contribution in [0.4, 0.5) is 10.5 Å². The minimum absolute atomic E-state index is 0.00946. The van der Waals surface area contributed by atoms with Crippen molar-refractivity contribution in [1.29, 1.82) is 0 Å². The Labute approximate surface area is 169 Å². The van der Waals surface area contributed by atoms with Gasteiger partial charge in [0.05, 0.1) is 18.5 Å². The molecule has 2 aliphatic heterocycles. The van der Waals surface area contributed by atoms with Gasteiger partial charge in [-0.15, -0.1) is 0 Å². The van der Waals surface area contributed by atoms with Crippen molar-refractivity contribution in [2.24, 2.45) is 5.92 Å². The number of sulfonamides is 1. The summed E-state index contributed by atoms with van der Waals surface area (Å²) in [5, 5.41) is 0. The van der Waals surface area contributed by atoms with Gasteiger partial charge in [0.2, 0.25) is 10.0 Å². The standard InChI is InChI=1S/C19H23N3O6S/c1-12(2)10-20-17(24)18(25)21(19(20)26)11-16(23)14-6-7-15-13(9-14)5-4-8-22(15)29(3,27)28/h6-7,9,12H,4-5,8,10-11H2,1-3H3. The smallest absolute Gasteiger partial charge is 0.292 e. The number of carbonyl (C=O) groups is 4. The highest BCUT2D eigenvalue weighted by molar-refractivity contribution is 7.92. The average molecular weight is 421 g/mol. The van der Waals surface area contributed by atoms with Crippen molar-refractivity contribution in [2.45, 2.75) is 26.7 Å². The first-order valence-electron chi connectivity index (χ1n) is 9.32. The van der Waals surface area contributed by atoms with Crippen LogP contribution in [-0.4, -0.2) is 67.7 Å². The second kappa shape index (κ2) is 7.58. The third-order valence-corrected chi connectivity index (χ3v) is 6.04. The van der Waals surface area contributed by atoms with Crippen molar-refractivity contribution >= 4 is 39.3 Å². The molecule has 0 saturated carbocycles. The number of ketones is 1. The maximum absolute atomic E-state index is 12.7. The Morgan fingerprint density at radius 3 is 2.38 bits per heavy atom. The Kier molecular flexibility index (Phi) is 5.48. The Balaban J connectivity index is 1.81. The van der Waals surface area contributed by atoms with Gasteiger partial charge in [-0.25, -0.2) is 18.1 Å². The summed E-state index contributed by atoms with van der Waals surface area (Å²) in [5.74, 6) is -2.44. The number of benzene rings is 1. The predicted octanol–water partition coefficient (Wildman–Crippen LogP) is 1.03. The van der Waals surface area contributed by atoms with E-state index in [1.165, 1.54) is 10.4 Å². The van der Waals surface area contributed by atoms with Gasteiger partial charge >= 0.3 is 17.8 Å². The van der Waals surface area contributed by atoms with E-state index in [9.17, 15) is 27.6 Å². The third-order valence-electron chi connectivity index (χ3n) is 4.86. The summed E-state index contributed by atoms with van der Waals surface area (Å²) in [6.07, 6.45) is 2.37. The van der Waals surface area contributed by atoms with Crippen LogP contribution in [0.15, 0.2) is 18.2 Å². The van der Waals surface area contributed by atoms with E-state index in [1.54, 1.807) is 12.1 Å². The molecular formula is C19H23N3O6S. The van der Waals surface area contributed by atoms with E-state index in [1.807, 2.05) is 13.8 Å². The molecule has 156 valence electrons. The van der Waals surface area contributed by atoms with Crippen LogP contribution in [0, 0.1) is 5.92 Å². The largest absolute Gasteiger partial charge is 0.334 e. The van der Waals surface area contributed by atoms with Crippen LogP contribution in [0.3, 0.4) is 0 Å². The summed E-state index contributed by atoms with van der Waals surface area (Å²) in [6, 6.07) is 3.84. The Morgan fingerprint density at radius 1 is 1.10 bits per heavy atom. The van der Waals surface area contributed by atoms with Gasteiger partial charge in [0, 0.05) is 18.7 Å². The summed E-state index contributed by atoms with van der Waals surface area (Å²) in [4.78, 5) is 50.8. The zero-order valence-corrected chi connectivity index (χ0v) is 17.4. The fourth-order valence-electron chi connectivity index (χ4n) is 3.53. The van der Waals surface area contributed by atoms with E-state index in [0.29, 0.717) is 35.5 Å². The number of hydrogen-bond donors (Lipinski definition) is 0. The molecule has 9 nitrogen and oxygen atoms in total. The summed E-state index contributed by atoms with van der Waals surface area (Å²) >= 11 is 0. The molecule has 3 rings (SSSR count). The highest BCUT2D eigenvalue weighted by Crippen LogP contribution is 2.30. The minimum atomic E-state index is -3.42. The Bertz CT molecular complexity index is 1000. The van der Waals surface area contributed by atoms with Crippen LogP contribution in [-0.2, 0) is 26.0 Å². The molecule has 0 unspecified atom stereocenters. The zero-order valence-electron chi connectivity index (χ0n) is 16.5. The maximum atomic E-state index is 12.7. The van der Waals surface area contributed by atoms with Crippen molar-refractivity contribution in [2.75, 3.05) is 30.2 Å². The van der Waals surface area contributed by atoms with Crippen LogP contribution < -0.4 is 4.31 Å². The number of anilines is 1. The van der Waals surface area contributed by atoms with Gasteiger partial charge in [0.25, 0.3) is 0 Å². The third kappa shape index (κ3) is 4.02. The summed E-state index contributed by atoms with van der Waals surface area (Å²) < 4.78 is 25.2. The fraction of sp³-hybridized carbons (Fsp3) is 0.474. The van der Waals surface area contributed by atoms with Crippen molar-refractivity contribution in [3.05, 3.63) is 29.3 Å². The first-order valence-corrected chi connectivity index (χ1v) is 11.2. The van der Waals surface area contributed by atoms with Crippen molar-refractivity contribution in [3.8, 4) is 0 Å². The molecule has 0 aromatic heterocycles. The predicted molar refractivity (Wildman–Crippen MR) is 105 cm³/mol.